The molecular formula is C78H120NO8P. The summed E-state index contributed by atoms with van der Waals surface area (Å²) in [5.74, 6) is -0.923. The van der Waals surface area contributed by atoms with Gasteiger partial charge in [-0.2, -0.15) is 0 Å². The summed E-state index contributed by atoms with van der Waals surface area (Å²) in [6.07, 6.45) is 106. The lowest BCUT2D eigenvalue weighted by Crippen LogP contribution is -2.37. The van der Waals surface area contributed by atoms with E-state index in [1.807, 2.05) is 21.1 Å². The van der Waals surface area contributed by atoms with E-state index in [1.54, 1.807) is 0 Å². The predicted octanol–water partition coefficient (Wildman–Crippen LogP) is 21.4. The third-order valence-electron chi connectivity index (χ3n) is 13.0. The fourth-order valence-corrected chi connectivity index (χ4v) is 8.66. The highest BCUT2D eigenvalue weighted by Crippen LogP contribution is 2.38. The largest absolute Gasteiger partial charge is 0.756 e. The second kappa shape index (κ2) is 65.8. The van der Waals surface area contributed by atoms with E-state index in [1.165, 1.54) is 0 Å². The van der Waals surface area contributed by atoms with Crippen LogP contribution in [0.5, 0.6) is 0 Å². The van der Waals surface area contributed by atoms with Crippen molar-refractivity contribution >= 4 is 19.8 Å². The number of rotatable bonds is 58. The molecule has 0 spiro atoms. The van der Waals surface area contributed by atoms with Gasteiger partial charge in [0, 0.05) is 12.8 Å². The van der Waals surface area contributed by atoms with Crippen LogP contribution < -0.4 is 4.89 Å². The first kappa shape index (κ1) is 82.3. The highest BCUT2D eigenvalue weighted by molar-refractivity contribution is 7.45. The van der Waals surface area contributed by atoms with Gasteiger partial charge in [-0.3, -0.25) is 14.2 Å². The van der Waals surface area contributed by atoms with E-state index in [0.29, 0.717) is 23.9 Å². The minimum atomic E-state index is -4.67. The maximum Gasteiger partial charge on any atom is 0.306 e. The molecule has 0 fully saturated rings. The Balaban J connectivity index is 4.29. The van der Waals surface area contributed by atoms with E-state index in [4.69, 9.17) is 18.5 Å². The quantitative estimate of drug-likeness (QED) is 0.0195. The van der Waals surface area contributed by atoms with Crippen molar-refractivity contribution in [2.75, 3.05) is 47.5 Å². The van der Waals surface area contributed by atoms with Crippen molar-refractivity contribution in [3.63, 3.8) is 0 Å². The highest BCUT2D eigenvalue weighted by Gasteiger charge is 2.22. The number of hydrogen-bond donors (Lipinski definition) is 0. The zero-order valence-electron chi connectivity index (χ0n) is 55.6. The van der Waals surface area contributed by atoms with Gasteiger partial charge in [0.2, 0.25) is 0 Å². The summed E-state index contributed by atoms with van der Waals surface area (Å²) in [5, 5.41) is 0. The molecule has 0 aromatic rings. The number of phosphoric ester groups is 1. The van der Waals surface area contributed by atoms with Gasteiger partial charge in [0.05, 0.1) is 27.7 Å². The Morgan fingerprint density at radius 3 is 0.932 bits per heavy atom. The fraction of sp³-hybridized carbons (Fsp3) is 0.513. The van der Waals surface area contributed by atoms with Crippen molar-refractivity contribution in [3.05, 3.63) is 219 Å². The SMILES string of the molecule is CC/C=C\C/C=C\C/C=C\C/C=C\C/C=C\C/C=C\C/C=C\C/C=C\C/C=C\C/C=C\CCCCCCCCC(=O)OC(COC(=O)CCCC/C=C\C/C=C\C/C=C\C/C=C\C/C=C\C/C=C\C/C=C\C/C=C\CC)COP(=O)([O-])OCC[N+](C)(C)C. The van der Waals surface area contributed by atoms with Crippen molar-refractivity contribution in [1.29, 1.82) is 0 Å². The first-order valence-electron chi connectivity index (χ1n) is 33.4. The van der Waals surface area contributed by atoms with Crippen LogP contribution in [0.1, 0.15) is 206 Å². The molecule has 0 N–H and O–H groups in total. The van der Waals surface area contributed by atoms with Gasteiger partial charge < -0.3 is 27.9 Å². The zero-order chi connectivity index (χ0) is 64.1. The molecule has 10 heteroatoms. The van der Waals surface area contributed by atoms with Crippen molar-refractivity contribution in [1.82, 2.24) is 0 Å². The second-order valence-corrected chi connectivity index (χ2v) is 23.8. The summed E-state index contributed by atoms with van der Waals surface area (Å²) in [6.45, 7) is 3.90. The molecule has 0 saturated heterocycles. The molecule has 0 bridgehead atoms. The molecule has 9 nitrogen and oxygen atoms in total. The Bertz CT molecular complexity index is 2280. The Labute approximate surface area is 538 Å². The number of unbranched alkanes of at least 4 members (excludes halogenated alkanes) is 8. The van der Waals surface area contributed by atoms with Gasteiger partial charge in [-0.15, -0.1) is 0 Å². The molecule has 0 radical (unpaired) electrons. The molecule has 0 aromatic heterocycles. The lowest BCUT2D eigenvalue weighted by molar-refractivity contribution is -0.870. The van der Waals surface area contributed by atoms with E-state index in [-0.39, 0.29) is 26.1 Å². The highest BCUT2D eigenvalue weighted by atomic mass is 31.2. The summed E-state index contributed by atoms with van der Waals surface area (Å²) in [7, 11) is 1.09. The van der Waals surface area contributed by atoms with Crippen LogP contribution in [-0.2, 0) is 32.7 Å². The summed E-state index contributed by atoms with van der Waals surface area (Å²) in [5.41, 5.74) is 0. The molecule has 490 valence electrons. The van der Waals surface area contributed by atoms with Crippen LogP contribution in [0.2, 0.25) is 0 Å². The Hall–Kier alpha value is -5.67. The number of allylic oxidation sites excluding steroid dienone is 36. The van der Waals surface area contributed by atoms with Gasteiger partial charge in [0.1, 0.15) is 19.8 Å². The van der Waals surface area contributed by atoms with E-state index in [0.717, 1.165) is 167 Å². The Morgan fingerprint density at radius 1 is 0.352 bits per heavy atom. The van der Waals surface area contributed by atoms with Crippen LogP contribution in [0.3, 0.4) is 0 Å². The van der Waals surface area contributed by atoms with Gasteiger partial charge in [0.25, 0.3) is 7.82 Å². The summed E-state index contributed by atoms with van der Waals surface area (Å²) >= 11 is 0. The normalized spacial score (nSPS) is 14.6. The smallest absolute Gasteiger partial charge is 0.306 e. The predicted molar refractivity (Wildman–Crippen MR) is 378 cm³/mol. The number of hydrogen-bond acceptors (Lipinski definition) is 8. The maximum atomic E-state index is 12.8. The number of ether oxygens (including phenoxy) is 2. The van der Waals surface area contributed by atoms with Crippen molar-refractivity contribution in [2.24, 2.45) is 0 Å². The van der Waals surface area contributed by atoms with Crippen LogP contribution in [0.4, 0.5) is 0 Å². The lowest BCUT2D eigenvalue weighted by Gasteiger charge is -2.28. The van der Waals surface area contributed by atoms with Crippen molar-refractivity contribution < 1.29 is 42.1 Å². The van der Waals surface area contributed by atoms with E-state index in [2.05, 4.69) is 233 Å². The third-order valence-corrected chi connectivity index (χ3v) is 14.0. The van der Waals surface area contributed by atoms with Crippen LogP contribution in [0, 0.1) is 0 Å². The molecule has 2 unspecified atom stereocenters. The van der Waals surface area contributed by atoms with Gasteiger partial charge in [-0.05, 0) is 154 Å². The minimum Gasteiger partial charge on any atom is -0.756 e. The van der Waals surface area contributed by atoms with E-state index in [9.17, 15) is 19.0 Å². The molecule has 0 saturated carbocycles. The minimum absolute atomic E-state index is 0.0548. The van der Waals surface area contributed by atoms with Gasteiger partial charge >= 0.3 is 11.9 Å². The number of carbonyl (C=O) groups excluding carboxylic acids is 2. The molecule has 0 aliphatic rings. The van der Waals surface area contributed by atoms with E-state index < -0.39 is 32.5 Å². The topological polar surface area (TPSA) is 111 Å². The average Bonchev–Trinajstić information content (AvgIpc) is 3.68. The lowest BCUT2D eigenvalue weighted by atomic mass is 10.1. The molecule has 0 rings (SSSR count). The Kier molecular flexibility index (Phi) is 61.5. The molecular weight excluding hydrogens is 1110 g/mol. The van der Waals surface area contributed by atoms with Gasteiger partial charge in [-0.1, -0.05) is 258 Å². The van der Waals surface area contributed by atoms with Crippen molar-refractivity contribution in [2.45, 2.75) is 213 Å². The first-order chi connectivity index (χ1) is 43.0. The maximum absolute atomic E-state index is 12.8. The summed E-state index contributed by atoms with van der Waals surface area (Å²) in [6, 6.07) is 0. The number of quaternary nitrogens is 1. The number of nitrogens with zero attached hydrogens (tertiary/aromatic N) is 1. The van der Waals surface area contributed by atoms with Gasteiger partial charge in [-0.25, -0.2) is 0 Å². The van der Waals surface area contributed by atoms with Crippen LogP contribution in [-0.4, -0.2) is 70.0 Å². The van der Waals surface area contributed by atoms with E-state index >= 15 is 0 Å². The fourth-order valence-electron chi connectivity index (χ4n) is 7.93. The summed E-state index contributed by atoms with van der Waals surface area (Å²) < 4.78 is 34.2. The second-order valence-electron chi connectivity index (χ2n) is 22.4. The van der Waals surface area contributed by atoms with Crippen LogP contribution >= 0.6 is 7.82 Å². The molecule has 0 heterocycles. The average molecular weight is 1230 g/mol. The summed E-state index contributed by atoms with van der Waals surface area (Å²) in [4.78, 5) is 38.0. The number of esters is 2. The zero-order valence-corrected chi connectivity index (χ0v) is 56.5. The first-order valence-corrected chi connectivity index (χ1v) is 34.9. The number of phosphoric acid groups is 1. The van der Waals surface area contributed by atoms with Crippen LogP contribution in [0.25, 0.3) is 0 Å². The number of likely N-dealkylation sites (N-methyl/N-ethyl adjacent to an activating group) is 1. The molecule has 2 atom stereocenters. The molecule has 88 heavy (non-hydrogen) atoms. The third kappa shape index (κ3) is 69.4. The van der Waals surface area contributed by atoms with Crippen LogP contribution in [0.15, 0.2) is 219 Å². The van der Waals surface area contributed by atoms with Crippen molar-refractivity contribution in [3.8, 4) is 0 Å². The van der Waals surface area contributed by atoms with Gasteiger partial charge in [0.15, 0.2) is 6.10 Å². The Morgan fingerprint density at radius 2 is 0.614 bits per heavy atom. The molecule has 0 aromatic carbocycles. The standard InChI is InChI=1S/C78H120NO8P/c1-6-8-10-12-14-16-18-20-22-24-26-28-30-32-34-35-36-37-38-39-40-41-42-43-45-47-49-51-53-55-57-59-61-63-65-67-69-71-78(81)87-76(75-86-88(82,83)85-73-72-79(3,4)5)74-84-77(80)70-68-66-64-62-60-58-56-54-52-50-48-46-44-33-31-29-27-25-23-21-19-17-15-13-11-9-7-2/h8-11,14-17,20-23,26-29,32-34,36-37,39-40,42-44,47-50,53-56,60,62,76H,6-7,12-13,18-19,24-25,30-31,35,38,41,45-46,51-52,57-59,61,63-75H2,1-5H3/b10-8-,11-9-,16-14-,17-15-,22-20-,23-21-,28-26-,29-27-,34-32-,37-36-,40-39-,43-42-,44-33-,49-47-,50-48-,55-53-,56-54-,62-60-. The molecule has 0 aliphatic heterocycles. The molecule has 0 aliphatic carbocycles. The molecule has 0 amide bonds. The number of carbonyl (C=O) groups is 2. The monoisotopic (exact) mass is 1230 g/mol.